The summed E-state index contributed by atoms with van der Waals surface area (Å²) in [6.07, 6.45) is 0. The van der Waals surface area contributed by atoms with Gasteiger partial charge in [-0.1, -0.05) is 35.9 Å². The Morgan fingerprint density at radius 3 is 2.52 bits per heavy atom. The number of hydrogen-bond donors (Lipinski definition) is 0. The summed E-state index contributed by atoms with van der Waals surface area (Å²) in [7, 11) is 0. The molecule has 0 radical (unpaired) electrons. The van der Waals surface area contributed by atoms with Crippen LogP contribution in [0.15, 0.2) is 42.5 Å². The molecule has 1 aliphatic heterocycles. The summed E-state index contributed by atoms with van der Waals surface area (Å²) in [6, 6.07) is 12.3. The molecule has 0 aromatic heterocycles. The molecule has 0 N–H and O–H groups in total. The van der Waals surface area contributed by atoms with Gasteiger partial charge in [-0.25, -0.2) is 4.79 Å². The summed E-state index contributed by atoms with van der Waals surface area (Å²) in [6.45, 7) is 5.48. The lowest BCUT2D eigenvalue weighted by atomic mass is 10.00. The standard InChI is InChI=1S/C20H19NO4/c1-4-25-20(24)13(3)21-17-9-8-15(11-16(17)18(22)19(21)23)14-7-5-6-12(2)10-14/h5-11,13H,4H2,1-3H3. The van der Waals surface area contributed by atoms with E-state index in [-0.39, 0.29) is 6.61 Å². The minimum Gasteiger partial charge on any atom is -0.464 e. The number of nitrogens with zero attached hydrogens (tertiary/aromatic N) is 1. The highest BCUT2D eigenvalue weighted by molar-refractivity contribution is 6.52. The Kier molecular flexibility index (Phi) is 4.40. The molecule has 1 heterocycles. The molecule has 2 aromatic carbocycles. The number of rotatable bonds is 4. The maximum Gasteiger partial charge on any atom is 0.328 e. The van der Waals surface area contributed by atoms with Crippen molar-refractivity contribution in [1.82, 2.24) is 0 Å². The lowest BCUT2D eigenvalue weighted by Gasteiger charge is -2.22. The van der Waals surface area contributed by atoms with E-state index in [1.165, 1.54) is 4.90 Å². The molecule has 5 heteroatoms. The van der Waals surface area contributed by atoms with E-state index in [2.05, 4.69) is 0 Å². The van der Waals surface area contributed by atoms with Crippen molar-refractivity contribution < 1.29 is 19.1 Å². The fraction of sp³-hybridized carbons (Fsp3) is 0.250. The van der Waals surface area contributed by atoms with Gasteiger partial charge in [-0.2, -0.15) is 0 Å². The summed E-state index contributed by atoms with van der Waals surface area (Å²) in [5.41, 5.74) is 3.71. The molecule has 0 fully saturated rings. The number of ether oxygens (including phenoxy) is 1. The molecular weight excluding hydrogens is 318 g/mol. The predicted octanol–water partition coefficient (Wildman–Crippen LogP) is 3.14. The van der Waals surface area contributed by atoms with Crippen LogP contribution in [-0.4, -0.2) is 30.3 Å². The van der Waals surface area contributed by atoms with Crippen molar-refractivity contribution in [1.29, 1.82) is 0 Å². The van der Waals surface area contributed by atoms with Crippen molar-refractivity contribution in [2.75, 3.05) is 11.5 Å². The van der Waals surface area contributed by atoms with Crippen molar-refractivity contribution >= 4 is 23.3 Å². The van der Waals surface area contributed by atoms with E-state index in [4.69, 9.17) is 4.74 Å². The summed E-state index contributed by atoms with van der Waals surface area (Å²) in [4.78, 5) is 38.0. The minimum atomic E-state index is -0.845. The van der Waals surface area contributed by atoms with Crippen LogP contribution in [0.25, 0.3) is 11.1 Å². The van der Waals surface area contributed by atoms with Crippen molar-refractivity contribution in [2.45, 2.75) is 26.8 Å². The van der Waals surface area contributed by atoms with E-state index in [0.29, 0.717) is 11.3 Å². The molecule has 25 heavy (non-hydrogen) atoms. The van der Waals surface area contributed by atoms with Crippen LogP contribution in [-0.2, 0) is 14.3 Å². The van der Waals surface area contributed by atoms with E-state index < -0.39 is 23.7 Å². The molecule has 0 saturated carbocycles. The summed E-state index contributed by atoms with van der Waals surface area (Å²) < 4.78 is 4.98. The minimum absolute atomic E-state index is 0.221. The number of aryl methyl sites for hydroxylation is 1. The van der Waals surface area contributed by atoms with Crippen LogP contribution < -0.4 is 4.90 Å². The van der Waals surface area contributed by atoms with Crippen LogP contribution in [0.4, 0.5) is 5.69 Å². The first-order chi connectivity index (χ1) is 11.9. The number of amides is 1. The van der Waals surface area contributed by atoms with Crippen molar-refractivity contribution in [3.8, 4) is 11.1 Å². The lowest BCUT2D eigenvalue weighted by molar-refractivity contribution is -0.145. The first-order valence-electron chi connectivity index (χ1n) is 8.19. The van der Waals surface area contributed by atoms with Gasteiger partial charge in [-0.3, -0.25) is 14.5 Å². The van der Waals surface area contributed by atoms with E-state index in [1.807, 2.05) is 37.3 Å². The zero-order valence-corrected chi connectivity index (χ0v) is 14.4. The molecule has 0 saturated heterocycles. The first kappa shape index (κ1) is 16.9. The largest absolute Gasteiger partial charge is 0.464 e. The number of esters is 1. The lowest BCUT2D eigenvalue weighted by Crippen LogP contribution is -2.43. The zero-order valence-electron chi connectivity index (χ0n) is 14.4. The van der Waals surface area contributed by atoms with Gasteiger partial charge in [0.15, 0.2) is 0 Å². The number of benzene rings is 2. The molecule has 1 unspecified atom stereocenters. The maximum absolute atomic E-state index is 12.4. The second-order valence-electron chi connectivity index (χ2n) is 6.03. The van der Waals surface area contributed by atoms with Gasteiger partial charge < -0.3 is 4.74 Å². The van der Waals surface area contributed by atoms with Crippen LogP contribution in [0, 0.1) is 6.92 Å². The fourth-order valence-electron chi connectivity index (χ4n) is 3.02. The third-order valence-corrected chi connectivity index (χ3v) is 4.28. The maximum atomic E-state index is 12.4. The van der Waals surface area contributed by atoms with E-state index in [0.717, 1.165) is 16.7 Å². The van der Waals surface area contributed by atoms with Gasteiger partial charge in [0.1, 0.15) is 6.04 Å². The molecule has 1 amide bonds. The van der Waals surface area contributed by atoms with Crippen molar-refractivity contribution in [3.63, 3.8) is 0 Å². The zero-order chi connectivity index (χ0) is 18.1. The number of ketones is 1. The topological polar surface area (TPSA) is 63.7 Å². The quantitative estimate of drug-likeness (QED) is 0.635. The van der Waals surface area contributed by atoms with Gasteiger partial charge in [-0.05, 0) is 44.0 Å². The Hall–Kier alpha value is -2.95. The number of hydrogen-bond acceptors (Lipinski definition) is 4. The molecule has 1 aliphatic rings. The second kappa shape index (κ2) is 6.51. The highest BCUT2D eigenvalue weighted by Gasteiger charge is 2.41. The predicted molar refractivity (Wildman–Crippen MR) is 94.5 cm³/mol. The number of carbonyl (C=O) groups is 3. The Morgan fingerprint density at radius 2 is 1.84 bits per heavy atom. The average Bonchev–Trinajstić information content (AvgIpc) is 2.85. The molecule has 1 atom stereocenters. The highest BCUT2D eigenvalue weighted by atomic mass is 16.5. The molecule has 0 aliphatic carbocycles. The van der Waals surface area contributed by atoms with Gasteiger partial charge in [0.25, 0.3) is 11.7 Å². The molecule has 128 valence electrons. The molecule has 5 nitrogen and oxygen atoms in total. The smallest absolute Gasteiger partial charge is 0.328 e. The van der Waals surface area contributed by atoms with E-state index in [9.17, 15) is 14.4 Å². The van der Waals surface area contributed by atoms with Gasteiger partial charge in [0, 0.05) is 0 Å². The summed E-state index contributed by atoms with van der Waals surface area (Å²) >= 11 is 0. The first-order valence-corrected chi connectivity index (χ1v) is 8.19. The van der Waals surface area contributed by atoms with E-state index in [1.54, 1.807) is 26.0 Å². The van der Waals surface area contributed by atoms with Crippen molar-refractivity contribution in [2.24, 2.45) is 0 Å². The van der Waals surface area contributed by atoms with Crippen molar-refractivity contribution in [3.05, 3.63) is 53.6 Å². The van der Waals surface area contributed by atoms with Gasteiger partial charge in [0.05, 0.1) is 17.9 Å². The summed E-state index contributed by atoms with van der Waals surface area (Å²) in [5, 5.41) is 0. The van der Waals surface area contributed by atoms with Crippen LogP contribution in [0.5, 0.6) is 0 Å². The number of carbonyl (C=O) groups excluding carboxylic acids is 3. The van der Waals surface area contributed by atoms with E-state index >= 15 is 0 Å². The van der Waals surface area contributed by atoms with Crippen LogP contribution in [0.3, 0.4) is 0 Å². The third kappa shape index (κ3) is 2.93. The molecule has 0 spiro atoms. The van der Waals surface area contributed by atoms with Crippen LogP contribution in [0.2, 0.25) is 0 Å². The molecule has 2 aromatic rings. The Bertz CT molecular complexity index is 872. The number of Topliss-reactive ketones (excluding diaryl/α,β-unsaturated/α-hetero) is 1. The monoisotopic (exact) mass is 337 g/mol. The SMILES string of the molecule is CCOC(=O)C(C)N1C(=O)C(=O)c2cc(-c3cccc(C)c3)ccc21. The fourth-order valence-corrected chi connectivity index (χ4v) is 3.02. The molecule has 3 rings (SSSR count). The number of fused-ring (bicyclic) bond motifs is 1. The second-order valence-corrected chi connectivity index (χ2v) is 6.03. The van der Waals surface area contributed by atoms with Gasteiger partial charge in [-0.15, -0.1) is 0 Å². The molecule has 0 bridgehead atoms. The third-order valence-electron chi connectivity index (χ3n) is 4.28. The molecular formula is C20H19NO4. The average molecular weight is 337 g/mol. The number of anilines is 1. The highest BCUT2D eigenvalue weighted by Crippen LogP contribution is 2.34. The Morgan fingerprint density at radius 1 is 1.12 bits per heavy atom. The van der Waals surface area contributed by atoms with Gasteiger partial charge in [0.2, 0.25) is 0 Å². The summed E-state index contributed by atoms with van der Waals surface area (Å²) in [5.74, 6) is -1.82. The van der Waals surface area contributed by atoms with Crippen LogP contribution >= 0.6 is 0 Å². The Labute approximate surface area is 146 Å². The Balaban J connectivity index is 2.02. The van der Waals surface area contributed by atoms with Crippen LogP contribution in [0.1, 0.15) is 29.8 Å². The normalized spacial score (nSPS) is 14.4. The van der Waals surface area contributed by atoms with Gasteiger partial charge >= 0.3 is 5.97 Å².